The number of amidine groups is 1. The van der Waals surface area contributed by atoms with Crippen LogP contribution in [0.2, 0.25) is 0 Å². The molecule has 0 aromatic rings. The monoisotopic (exact) mass is 209 g/mol. The lowest BCUT2D eigenvalue weighted by Gasteiger charge is -2.44. The molecule has 0 aliphatic carbocycles. The average molecular weight is 209 g/mol. The zero-order chi connectivity index (χ0) is 10.7. The first kappa shape index (κ1) is 10.9. The van der Waals surface area contributed by atoms with E-state index in [1.54, 1.807) is 0 Å². The number of piperidine rings is 1. The molecule has 3 nitrogen and oxygen atoms in total. The highest BCUT2D eigenvalue weighted by Gasteiger charge is 2.29. The number of hydrogen-bond acceptors (Lipinski definition) is 2. The lowest BCUT2D eigenvalue weighted by Crippen LogP contribution is -2.56. The van der Waals surface area contributed by atoms with Crippen molar-refractivity contribution in [1.29, 1.82) is 5.41 Å². The van der Waals surface area contributed by atoms with Gasteiger partial charge in [0.2, 0.25) is 0 Å². The van der Waals surface area contributed by atoms with Gasteiger partial charge in [-0.15, -0.1) is 0 Å². The van der Waals surface area contributed by atoms with Gasteiger partial charge < -0.3 is 4.90 Å². The van der Waals surface area contributed by atoms with Crippen LogP contribution in [0.4, 0.5) is 0 Å². The van der Waals surface area contributed by atoms with Crippen molar-refractivity contribution in [3.63, 3.8) is 0 Å². The summed E-state index contributed by atoms with van der Waals surface area (Å²) in [6.07, 6.45) is 6.16. The fourth-order valence-electron chi connectivity index (χ4n) is 2.80. The van der Waals surface area contributed by atoms with Crippen molar-refractivity contribution < 1.29 is 0 Å². The molecule has 15 heavy (non-hydrogen) atoms. The maximum absolute atomic E-state index is 8.00. The van der Waals surface area contributed by atoms with Crippen LogP contribution in [0.25, 0.3) is 0 Å². The maximum Gasteiger partial charge on any atom is 0.0958 e. The lowest BCUT2D eigenvalue weighted by atomic mass is 9.99. The highest BCUT2D eigenvalue weighted by atomic mass is 15.3. The lowest BCUT2D eigenvalue weighted by molar-refractivity contribution is 0.0790. The van der Waals surface area contributed by atoms with Gasteiger partial charge in [-0.25, -0.2) is 0 Å². The van der Waals surface area contributed by atoms with Crippen LogP contribution >= 0.6 is 0 Å². The molecule has 2 rings (SSSR count). The molecule has 2 aliphatic rings. The normalized spacial score (nSPS) is 27.5. The van der Waals surface area contributed by atoms with Gasteiger partial charge in [0.1, 0.15) is 0 Å². The Labute approximate surface area is 92.9 Å². The maximum atomic E-state index is 8.00. The molecule has 2 fully saturated rings. The highest BCUT2D eigenvalue weighted by molar-refractivity contribution is 5.79. The molecule has 2 saturated heterocycles. The zero-order valence-electron chi connectivity index (χ0n) is 9.84. The van der Waals surface area contributed by atoms with E-state index in [1.807, 2.05) is 0 Å². The molecule has 2 heterocycles. The van der Waals surface area contributed by atoms with E-state index >= 15 is 0 Å². The summed E-state index contributed by atoms with van der Waals surface area (Å²) in [7, 11) is 0. The Morgan fingerprint density at radius 1 is 1.27 bits per heavy atom. The van der Waals surface area contributed by atoms with Crippen LogP contribution in [-0.4, -0.2) is 47.9 Å². The van der Waals surface area contributed by atoms with E-state index in [9.17, 15) is 0 Å². The smallest absolute Gasteiger partial charge is 0.0958 e. The van der Waals surface area contributed by atoms with E-state index in [0.29, 0.717) is 0 Å². The Morgan fingerprint density at radius 2 is 2.13 bits per heavy atom. The predicted molar refractivity (Wildman–Crippen MR) is 63.4 cm³/mol. The van der Waals surface area contributed by atoms with Gasteiger partial charge in [-0.1, -0.05) is 13.3 Å². The van der Waals surface area contributed by atoms with Crippen LogP contribution in [0, 0.1) is 5.41 Å². The molecule has 0 radical (unpaired) electrons. The van der Waals surface area contributed by atoms with E-state index in [0.717, 1.165) is 37.8 Å². The second-order valence-electron chi connectivity index (χ2n) is 4.83. The van der Waals surface area contributed by atoms with E-state index < -0.39 is 0 Å². The molecule has 0 amide bonds. The number of piperazine rings is 1. The molecule has 0 saturated carbocycles. The van der Waals surface area contributed by atoms with Crippen molar-refractivity contribution in [2.45, 2.75) is 45.1 Å². The summed E-state index contributed by atoms with van der Waals surface area (Å²) in [5.41, 5.74) is 0. The van der Waals surface area contributed by atoms with Gasteiger partial charge >= 0.3 is 0 Å². The van der Waals surface area contributed by atoms with Crippen molar-refractivity contribution >= 4 is 5.84 Å². The second kappa shape index (κ2) is 4.97. The summed E-state index contributed by atoms with van der Waals surface area (Å²) in [6.45, 7) is 6.82. The van der Waals surface area contributed by atoms with Crippen molar-refractivity contribution in [2.24, 2.45) is 0 Å². The molecule has 0 aromatic heterocycles. The van der Waals surface area contributed by atoms with Gasteiger partial charge in [0.15, 0.2) is 0 Å². The van der Waals surface area contributed by atoms with Crippen molar-refractivity contribution in [1.82, 2.24) is 9.80 Å². The van der Waals surface area contributed by atoms with Crippen molar-refractivity contribution in [3.8, 4) is 0 Å². The summed E-state index contributed by atoms with van der Waals surface area (Å²) < 4.78 is 0. The Kier molecular flexibility index (Phi) is 3.62. The number of nitrogens with zero attached hydrogens (tertiary/aromatic N) is 2. The van der Waals surface area contributed by atoms with Crippen molar-refractivity contribution in [3.05, 3.63) is 0 Å². The van der Waals surface area contributed by atoms with Crippen LogP contribution < -0.4 is 0 Å². The summed E-state index contributed by atoms with van der Waals surface area (Å²) in [5.74, 6) is 0.864. The summed E-state index contributed by atoms with van der Waals surface area (Å²) in [5, 5.41) is 8.00. The van der Waals surface area contributed by atoms with Gasteiger partial charge in [0, 0.05) is 32.1 Å². The summed E-state index contributed by atoms with van der Waals surface area (Å²) in [4.78, 5) is 4.93. The van der Waals surface area contributed by atoms with Crippen LogP contribution in [0.3, 0.4) is 0 Å². The third-order valence-electron chi connectivity index (χ3n) is 3.71. The van der Waals surface area contributed by atoms with Gasteiger partial charge in [-0.2, -0.15) is 0 Å². The molecular formula is C12H23N3. The molecule has 0 aromatic carbocycles. The van der Waals surface area contributed by atoms with Crippen LogP contribution in [0.5, 0.6) is 0 Å². The number of fused-ring (bicyclic) bond motifs is 1. The predicted octanol–water partition coefficient (Wildman–Crippen LogP) is 1.93. The minimum atomic E-state index is 0.740. The second-order valence-corrected chi connectivity index (χ2v) is 4.83. The van der Waals surface area contributed by atoms with E-state index in [2.05, 4.69) is 16.7 Å². The van der Waals surface area contributed by atoms with Crippen LogP contribution in [-0.2, 0) is 0 Å². The highest BCUT2D eigenvalue weighted by Crippen LogP contribution is 2.21. The third-order valence-corrected chi connectivity index (χ3v) is 3.71. The molecular weight excluding hydrogens is 186 g/mol. The quantitative estimate of drug-likeness (QED) is 0.556. The number of rotatable bonds is 2. The van der Waals surface area contributed by atoms with Gasteiger partial charge in [-0.05, 0) is 25.8 Å². The van der Waals surface area contributed by atoms with Crippen LogP contribution in [0.15, 0.2) is 0 Å². The van der Waals surface area contributed by atoms with E-state index in [4.69, 9.17) is 5.41 Å². The minimum Gasteiger partial charge on any atom is -0.358 e. The molecule has 0 spiro atoms. The third kappa shape index (κ3) is 2.51. The van der Waals surface area contributed by atoms with Crippen LogP contribution in [0.1, 0.15) is 39.0 Å². The molecule has 86 valence electrons. The average Bonchev–Trinajstić information content (AvgIpc) is 2.29. The van der Waals surface area contributed by atoms with Gasteiger partial charge in [-0.3, -0.25) is 10.3 Å². The minimum absolute atomic E-state index is 0.740. The SMILES string of the molecule is CCCC(=N)N1CCN2CCCCC2C1. The number of hydrogen-bond donors (Lipinski definition) is 1. The first-order valence-corrected chi connectivity index (χ1v) is 6.37. The summed E-state index contributed by atoms with van der Waals surface area (Å²) in [6, 6.07) is 0.740. The summed E-state index contributed by atoms with van der Waals surface area (Å²) >= 11 is 0. The van der Waals surface area contributed by atoms with Gasteiger partial charge in [0.05, 0.1) is 5.84 Å². The molecule has 2 aliphatic heterocycles. The first-order chi connectivity index (χ1) is 7.31. The standard InChI is InChI=1S/C12H23N3/c1-2-5-12(13)15-9-8-14-7-4-3-6-11(14)10-15/h11,13H,2-10H2,1H3. The van der Waals surface area contributed by atoms with Gasteiger partial charge in [0.25, 0.3) is 0 Å². The zero-order valence-corrected chi connectivity index (χ0v) is 9.84. The Hall–Kier alpha value is -0.570. The largest absolute Gasteiger partial charge is 0.358 e. The molecule has 1 atom stereocenters. The first-order valence-electron chi connectivity index (χ1n) is 6.37. The topological polar surface area (TPSA) is 30.3 Å². The van der Waals surface area contributed by atoms with E-state index in [1.165, 1.54) is 32.4 Å². The molecule has 3 heteroatoms. The van der Waals surface area contributed by atoms with E-state index in [-0.39, 0.29) is 0 Å². The number of nitrogens with one attached hydrogen (secondary N) is 1. The molecule has 1 N–H and O–H groups in total. The Morgan fingerprint density at radius 3 is 2.93 bits per heavy atom. The fourth-order valence-corrected chi connectivity index (χ4v) is 2.80. The Bertz CT molecular complexity index is 227. The molecule has 1 unspecified atom stereocenters. The molecule has 0 bridgehead atoms. The Balaban J connectivity index is 1.87. The van der Waals surface area contributed by atoms with Crippen molar-refractivity contribution in [2.75, 3.05) is 26.2 Å². The fraction of sp³-hybridized carbons (Fsp3) is 0.917.